The molecule has 98 valence electrons. The lowest BCUT2D eigenvalue weighted by molar-refractivity contribution is -0.385. The van der Waals surface area contributed by atoms with E-state index in [2.05, 4.69) is 0 Å². The van der Waals surface area contributed by atoms with Gasteiger partial charge in [-0.1, -0.05) is 18.2 Å². The van der Waals surface area contributed by atoms with E-state index < -0.39 is 17.0 Å². The van der Waals surface area contributed by atoms with Crippen molar-refractivity contribution in [3.63, 3.8) is 0 Å². The summed E-state index contributed by atoms with van der Waals surface area (Å²) in [6.07, 6.45) is -4.98. The Morgan fingerprint density at radius 3 is 2.50 bits per heavy atom. The molecule has 1 aromatic carbocycles. The number of nitro groups is 1. The van der Waals surface area contributed by atoms with Crippen molar-refractivity contribution >= 4 is 11.6 Å². The van der Waals surface area contributed by atoms with Gasteiger partial charge in [0.25, 0.3) is 5.69 Å². The first-order valence-corrected chi connectivity index (χ1v) is 4.89. The summed E-state index contributed by atoms with van der Waals surface area (Å²) in [7, 11) is 0. The van der Waals surface area contributed by atoms with Gasteiger partial charge in [0.05, 0.1) is 4.92 Å². The largest absolute Gasteiger partial charge is 0.471 e. The Morgan fingerprint density at radius 2 is 1.94 bits per heavy atom. The minimum Gasteiger partial charge on any atom is -0.348 e. The number of nitrogens with zero attached hydrogens (tertiary/aromatic N) is 1. The summed E-state index contributed by atoms with van der Waals surface area (Å²) >= 11 is 0. The molecule has 0 aliphatic heterocycles. The quantitative estimate of drug-likeness (QED) is 0.664. The maximum absolute atomic E-state index is 11.9. The van der Waals surface area contributed by atoms with Gasteiger partial charge in [-0.15, -0.1) is 0 Å². The number of nitrogens with one attached hydrogen (secondary N) is 1. The number of alkyl halides is 3. The van der Waals surface area contributed by atoms with Crippen molar-refractivity contribution in [3.8, 4) is 0 Å². The van der Waals surface area contributed by atoms with Gasteiger partial charge in [-0.25, -0.2) is 0 Å². The highest BCUT2D eigenvalue weighted by atomic mass is 19.4. The summed E-state index contributed by atoms with van der Waals surface area (Å²) in [6, 6.07) is 5.67. The van der Waals surface area contributed by atoms with Gasteiger partial charge in [-0.05, 0) is 6.42 Å². The number of rotatable bonds is 4. The molecule has 0 heterocycles. The van der Waals surface area contributed by atoms with E-state index in [1.54, 1.807) is 5.32 Å². The lowest BCUT2D eigenvalue weighted by atomic mass is 10.1. The molecule has 1 aromatic rings. The normalized spacial score (nSPS) is 11.1. The Balaban J connectivity index is 2.60. The zero-order valence-electron chi connectivity index (χ0n) is 9.03. The molecule has 0 atom stereocenters. The van der Waals surface area contributed by atoms with Crippen LogP contribution in [0.25, 0.3) is 0 Å². The fourth-order valence-corrected chi connectivity index (χ4v) is 1.31. The number of halogens is 3. The van der Waals surface area contributed by atoms with Crippen LogP contribution in [-0.4, -0.2) is 23.6 Å². The highest BCUT2D eigenvalue weighted by Crippen LogP contribution is 2.18. The Kier molecular flexibility index (Phi) is 4.24. The van der Waals surface area contributed by atoms with Gasteiger partial charge >= 0.3 is 12.1 Å². The minimum atomic E-state index is -4.94. The van der Waals surface area contributed by atoms with E-state index >= 15 is 0 Å². The summed E-state index contributed by atoms with van der Waals surface area (Å²) in [4.78, 5) is 20.5. The third kappa shape index (κ3) is 3.72. The Labute approximate surface area is 99.8 Å². The summed E-state index contributed by atoms with van der Waals surface area (Å²) < 4.78 is 35.6. The molecule has 1 amide bonds. The number of para-hydroxylation sites is 1. The maximum atomic E-state index is 11.9. The molecule has 5 nitrogen and oxygen atoms in total. The van der Waals surface area contributed by atoms with Crippen LogP contribution in [0.15, 0.2) is 24.3 Å². The van der Waals surface area contributed by atoms with Crippen LogP contribution >= 0.6 is 0 Å². The van der Waals surface area contributed by atoms with Crippen LogP contribution in [0.3, 0.4) is 0 Å². The average Bonchev–Trinajstić information content (AvgIpc) is 2.28. The van der Waals surface area contributed by atoms with E-state index in [1.807, 2.05) is 0 Å². The van der Waals surface area contributed by atoms with Gasteiger partial charge in [0.2, 0.25) is 0 Å². The highest BCUT2D eigenvalue weighted by Gasteiger charge is 2.38. The van der Waals surface area contributed by atoms with Crippen molar-refractivity contribution in [2.75, 3.05) is 6.54 Å². The molecule has 0 aliphatic carbocycles. The molecule has 8 heteroatoms. The summed E-state index contributed by atoms with van der Waals surface area (Å²) in [5.74, 6) is -2.05. The molecule has 0 saturated heterocycles. The Hall–Kier alpha value is -2.12. The van der Waals surface area contributed by atoms with E-state index in [-0.39, 0.29) is 24.2 Å². The van der Waals surface area contributed by atoms with Gasteiger partial charge in [-0.3, -0.25) is 14.9 Å². The third-order valence-electron chi connectivity index (χ3n) is 2.13. The number of carbonyl (C=O) groups excluding carboxylic acids is 1. The Bertz CT molecular complexity index is 460. The molecule has 0 bridgehead atoms. The third-order valence-corrected chi connectivity index (χ3v) is 2.13. The van der Waals surface area contributed by atoms with Crippen LogP contribution in [0, 0.1) is 10.1 Å². The first kappa shape index (κ1) is 13.9. The van der Waals surface area contributed by atoms with E-state index in [0.29, 0.717) is 0 Å². The molecule has 0 radical (unpaired) electrons. The standard InChI is InChI=1S/C10H9F3N2O3/c11-10(12,13)9(16)14-6-5-7-3-1-2-4-8(7)15(17)18/h1-4H,5-6H2,(H,14,16). The molecular weight excluding hydrogens is 253 g/mol. The minimum absolute atomic E-state index is 0.0427. The van der Waals surface area contributed by atoms with Crippen molar-refractivity contribution in [1.82, 2.24) is 5.32 Å². The van der Waals surface area contributed by atoms with E-state index in [9.17, 15) is 28.1 Å². The summed E-state index contributed by atoms with van der Waals surface area (Å²) in [5.41, 5.74) is 0.0868. The fourth-order valence-electron chi connectivity index (χ4n) is 1.31. The van der Waals surface area contributed by atoms with Crippen LogP contribution in [0.2, 0.25) is 0 Å². The van der Waals surface area contributed by atoms with Crippen molar-refractivity contribution in [2.24, 2.45) is 0 Å². The van der Waals surface area contributed by atoms with Crippen LogP contribution < -0.4 is 5.32 Å². The molecule has 0 aromatic heterocycles. The molecule has 0 spiro atoms. The van der Waals surface area contributed by atoms with Gasteiger partial charge in [-0.2, -0.15) is 13.2 Å². The first-order valence-electron chi connectivity index (χ1n) is 4.89. The second kappa shape index (κ2) is 5.48. The zero-order valence-corrected chi connectivity index (χ0v) is 9.03. The van der Waals surface area contributed by atoms with Gasteiger partial charge < -0.3 is 5.32 Å². The maximum Gasteiger partial charge on any atom is 0.471 e. The van der Waals surface area contributed by atoms with Crippen molar-refractivity contribution < 1.29 is 22.9 Å². The number of benzene rings is 1. The number of amides is 1. The van der Waals surface area contributed by atoms with Crippen molar-refractivity contribution in [1.29, 1.82) is 0 Å². The molecule has 0 fully saturated rings. The molecule has 0 aliphatic rings. The molecule has 18 heavy (non-hydrogen) atoms. The van der Waals surface area contributed by atoms with Gasteiger partial charge in [0, 0.05) is 18.2 Å². The lowest BCUT2D eigenvalue weighted by Crippen LogP contribution is -2.37. The zero-order chi connectivity index (χ0) is 13.8. The van der Waals surface area contributed by atoms with E-state index in [0.717, 1.165) is 0 Å². The predicted molar refractivity (Wildman–Crippen MR) is 55.9 cm³/mol. The van der Waals surface area contributed by atoms with Crippen LogP contribution in [0.4, 0.5) is 18.9 Å². The second-order valence-corrected chi connectivity index (χ2v) is 3.39. The molecule has 1 N–H and O–H groups in total. The van der Waals surface area contributed by atoms with E-state index in [4.69, 9.17) is 0 Å². The molecule has 0 unspecified atom stereocenters. The number of carbonyl (C=O) groups is 1. The topological polar surface area (TPSA) is 72.2 Å². The smallest absolute Gasteiger partial charge is 0.348 e. The van der Waals surface area contributed by atoms with Crippen molar-refractivity contribution in [2.45, 2.75) is 12.6 Å². The van der Waals surface area contributed by atoms with Gasteiger partial charge in [0.15, 0.2) is 0 Å². The van der Waals surface area contributed by atoms with Crippen LogP contribution in [-0.2, 0) is 11.2 Å². The van der Waals surface area contributed by atoms with Crippen molar-refractivity contribution in [3.05, 3.63) is 39.9 Å². The Morgan fingerprint density at radius 1 is 1.33 bits per heavy atom. The summed E-state index contributed by atoms with van der Waals surface area (Å²) in [5, 5.41) is 12.3. The summed E-state index contributed by atoms with van der Waals surface area (Å²) in [6.45, 7) is -0.316. The van der Waals surface area contributed by atoms with Crippen LogP contribution in [0.5, 0.6) is 0 Å². The fraction of sp³-hybridized carbons (Fsp3) is 0.300. The second-order valence-electron chi connectivity index (χ2n) is 3.39. The molecular formula is C10H9F3N2O3. The number of hydrogen-bond donors (Lipinski definition) is 1. The average molecular weight is 262 g/mol. The number of hydrogen-bond acceptors (Lipinski definition) is 3. The molecule has 0 saturated carbocycles. The molecule has 1 rings (SSSR count). The monoisotopic (exact) mass is 262 g/mol. The van der Waals surface area contributed by atoms with E-state index in [1.165, 1.54) is 24.3 Å². The SMILES string of the molecule is O=C(NCCc1ccccc1[N+](=O)[O-])C(F)(F)F. The number of nitro benzene ring substituents is 1. The van der Waals surface area contributed by atoms with Gasteiger partial charge in [0.1, 0.15) is 0 Å². The van der Waals surface area contributed by atoms with Crippen LogP contribution in [0.1, 0.15) is 5.56 Å². The first-order chi connectivity index (χ1) is 8.32. The predicted octanol–water partition coefficient (Wildman–Crippen LogP) is 1.82. The lowest BCUT2D eigenvalue weighted by Gasteiger charge is -2.07. The highest BCUT2D eigenvalue weighted by molar-refractivity contribution is 5.81.